The van der Waals surface area contributed by atoms with Crippen molar-refractivity contribution in [2.24, 2.45) is 0 Å². The van der Waals surface area contributed by atoms with E-state index in [2.05, 4.69) is 31.2 Å². The van der Waals surface area contributed by atoms with Gasteiger partial charge in [0.2, 0.25) is 0 Å². The topological polar surface area (TPSA) is 20.2 Å². The number of unbranched alkanes of at least 4 members (excludes halogenated alkanes) is 10. The molecular formula is C22H38O. The molecule has 0 radical (unpaired) electrons. The first-order valence-electron chi connectivity index (χ1n) is 10.0. The molecule has 1 heteroatoms. The molecule has 0 aliphatic heterocycles. The minimum absolute atomic E-state index is 0.117. The van der Waals surface area contributed by atoms with E-state index in [-0.39, 0.29) is 6.10 Å². The Balaban J connectivity index is 1.83. The van der Waals surface area contributed by atoms with Gasteiger partial charge in [0.1, 0.15) is 0 Å². The van der Waals surface area contributed by atoms with Crippen molar-refractivity contribution in [3.63, 3.8) is 0 Å². The van der Waals surface area contributed by atoms with E-state index in [0.717, 1.165) is 19.3 Å². The van der Waals surface area contributed by atoms with Crippen molar-refractivity contribution in [3.8, 4) is 0 Å². The lowest BCUT2D eigenvalue weighted by molar-refractivity contribution is 0.151. The Bertz CT molecular complexity index is 346. The lowest BCUT2D eigenvalue weighted by Gasteiger charge is -2.10. The molecule has 0 aliphatic rings. The molecule has 0 aliphatic carbocycles. The second kappa shape index (κ2) is 14.8. The van der Waals surface area contributed by atoms with Gasteiger partial charge in [-0.15, -0.1) is 0 Å². The molecule has 0 bridgehead atoms. The lowest BCUT2D eigenvalue weighted by atomic mass is 10.0. The highest BCUT2D eigenvalue weighted by molar-refractivity contribution is 5.14. The number of hydrogen-bond acceptors (Lipinski definition) is 1. The summed E-state index contributed by atoms with van der Waals surface area (Å²) in [6, 6.07) is 10.5. The van der Waals surface area contributed by atoms with E-state index in [9.17, 15) is 5.11 Å². The van der Waals surface area contributed by atoms with Crippen LogP contribution in [0.4, 0.5) is 0 Å². The molecule has 0 aromatic heterocycles. The van der Waals surface area contributed by atoms with Gasteiger partial charge in [0.15, 0.2) is 0 Å². The van der Waals surface area contributed by atoms with Crippen molar-refractivity contribution in [3.05, 3.63) is 35.9 Å². The molecule has 0 spiro atoms. The van der Waals surface area contributed by atoms with Crippen molar-refractivity contribution in [1.29, 1.82) is 0 Å². The Morgan fingerprint density at radius 2 is 1.22 bits per heavy atom. The summed E-state index contributed by atoms with van der Waals surface area (Å²) >= 11 is 0. The Morgan fingerprint density at radius 3 is 1.78 bits per heavy atom. The van der Waals surface area contributed by atoms with Crippen LogP contribution in [0.2, 0.25) is 0 Å². The Labute approximate surface area is 144 Å². The van der Waals surface area contributed by atoms with Crippen molar-refractivity contribution in [1.82, 2.24) is 0 Å². The van der Waals surface area contributed by atoms with Crippen LogP contribution in [0.5, 0.6) is 0 Å². The van der Waals surface area contributed by atoms with Gasteiger partial charge >= 0.3 is 0 Å². The standard InChI is InChI=1S/C22H38O/c1-2-3-4-5-6-7-8-9-10-11-15-18-22(23)20-19-21-16-13-12-14-17-21/h12-14,16-17,22-23H,2-11,15,18-20H2,1H3. The number of rotatable bonds is 15. The van der Waals surface area contributed by atoms with Crippen LogP contribution >= 0.6 is 0 Å². The molecule has 1 unspecified atom stereocenters. The number of aryl methyl sites for hydroxylation is 1. The van der Waals surface area contributed by atoms with E-state index in [1.165, 1.54) is 76.2 Å². The van der Waals surface area contributed by atoms with Crippen LogP contribution in [-0.4, -0.2) is 11.2 Å². The van der Waals surface area contributed by atoms with Crippen LogP contribution in [-0.2, 0) is 6.42 Å². The van der Waals surface area contributed by atoms with Gasteiger partial charge in [-0.3, -0.25) is 0 Å². The molecule has 132 valence electrons. The minimum Gasteiger partial charge on any atom is -0.393 e. The third-order valence-electron chi connectivity index (χ3n) is 4.75. The molecule has 1 N–H and O–H groups in total. The fraction of sp³-hybridized carbons (Fsp3) is 0.727. The lowest BCUT2D eigenvalue weighted by Crippen LogP contribution is -2.07. The first-order valence-corrected chi connectivity index (χ1v) is 10.0. The molecule has 0 amide bonds. The zero-order chi connectivity index (χ0) is 16.6. The average Bonchev–Trinajstić information content (AvgIpc) is 2.59. The monoisotopic (exact) mass is 318 g/mol. The van der Waals surface area contributed by atoms with Crippen molar-refractivity contribution >= 4 is 0 Å². The smallest absolute Gasteiger partial charge is 0.0543 e. The Hall–Kier alpha value is -0.820. The van der Waals surface area contributed by atoms with Gasteiger partial charge in [0.05, 0.1) is 6.10 Å². The number of aliphatic hydroxyl groups is 1. The first-order chi connectivity index (χ1) is 11.3. The maximum absolute atomic E-state index is 10.1. The highest BCUT2D eigenvalue weighted by Crippen LogP contribution is 2.14. The quantitative estimate of drug-likeness (QED) is 0.357. The van der Waals surface area contributed by atoms with Crippen molar-refractivity contribution in [2.75, 3.05) is 0 Å². The fourth-order valence-electron chi connectivity index (χ4n) is 3.17. The van der Waals surface area contributed by atoms with E-state index < -0.39 is 0 Å². The van der Waals surface area contributed by atoms with Gasteiger partial charge in [0.25, 0.3) is 0 Å². The molecule has 23 heavy (non-hydrogen) atoms. The molecule has 0 fully saturated rings. The van der Waals surface area contributed by atoms with Crippen LogP contribution in [0.3, 0.4) is 0 Å². The molecule has 1 nitrogen and oxygen atoms in total. The zero-order valence-corrected chi connectivity index (χ0v) is 15.3. The highest BCUT2D eigenvalue weighted by atomic mass is 16.3. The Kier molecular flexibility index (Phi) is 13.0. The largest absolute Gasteiger partial charge is 0.393 e. The van der Waals surface area contributed by atoms with Crippen molar-refractivity contribution < 1.29 is 5.11 Å². The van der Waals surface area contributed by atoms with Crippen LogP contribution in [0.1, 0.15) is 96.0 Å². The molecular weight excluding hydrogens is 280 g/mol. The van der Waals surface area contributed by atoms with E-state index in [1.54, 1.807) is 0 Å². The normalized spacial score (nSPS) is 12.4. The third kappa shape index (κ3) is 12.3. The minimum atomic E-state index is -0.117. The van der Waals surface area contributed by atoms with Gasteiger partial charge < -0.3 is 5.11 Å². The summed E-state index contributed by atoms with van der Waals surface area (Å²) < 4.78 is 0. The zero-order valence-electron chi connectivity index (χ0n) is 15.3. The van der Waals surface area contributed by atoms with Crippen molar-refractivity contribution in [2.45, 2.75) is 103 Å². The second-order valence-electron chi connectivity index (χ2n) is 7.00. The highest BCUT2D eigenvalue weighted by Gasteiger charge is 2.04. The molecule has 1 aromatic carbocycles. The second-order valence-corrected chi connectivity index (χ2v) is 7.00. The summed E-state index contributed by atoms with van der Waals surface area (Å²) in [7, 11) is 0. The molecule has 1 aromatic rings. The summed E-state index contributed by atoms with van der Waals surface area (Å²) in [5.74, 6) is 0. The predicted octanol–water partition coefficient (Wildman–Crippen LogP) is 6.68. The van der Waals surface area contributed by atoms with Gasteiger partial charge in [0, 0.05) is 0 Å². The molecule has 1 rings (SSSR count). The summed E-state index contributed by atoms with van der Waals surface area (Å²) in [5, 5.41) is 10.1. The summed E-state index contributed by atoms with van der Waals surface area (Å²) in [4.78, 5) is 0. The predicted molar refractivity (Wildman–Crippen MR) is 102 cm³/mol. The maximum Gasteiger partial charge on any atom is 0.0543 e. The van der Waals surface area contributed by atoms with Gasteiger partial charge in [-0.2, -0.15) is 0 Å². The van der Waals surface area contributed by atoms with E-state index in [1.807, 2.05) is 6.07 Å². The summed E-state index contributed by atoms with van der Waals surface area (Å²) in [6.07, 6.45) is 17.8. The molecule has 0 heterocycles. The number of aliphatic hydroxyl groups excluding tert-OH is 1. The first kappa shape index (κ1) is 20.2. The van der Waals surface area contributed by atoms with Crippen LogP contribution < -0.4 is 0 Å². The number of benzene rings is 1. The summed E-state index contributed by atoms with van der Waals surface area (Å²) in [6.45, 7) is 2.28. The number of hydrogen-bond donors (Lipinski definition) is 1. The summed E-state index contributed by atoms with van der Waals surface area (Å²) in [5.41, 5.74) is 1.34. The van der Waals surface area contributed by atoms with Gasteiger partial charge in [-0.1, -0.05) is 108 Å². The molecule has 0 saturated carbocycles. The average molecular weight is 319 g/mol. The third-order valence-corrected chi connectivity index (χ3v) is 4.75. The molecule has 0 saturated heterocycles. The Morgan fingerprint density at radius 1 is 0.696 bits per heavy atom. The van der Waals surface area contributed by atoms with Crippen LogP contribution in [0.15, 0.2) is 30.3 Å². The maximum atomic E-state index is 10.1. The van der Waals surface area contributed by atoms with Crippen LogP contribution in [0.25, 0.3) is 0 Å². The molecule has 1 atom stereocenters. The van der Waals surface area contributed by atoms with Gasteiger partial charge in [-0.05, 0) is 24.8 Å². The van der Waals surface area contributed by atoms with Crippen LogP contribution in [0, 0.1) is 0 Å². The van der Waals surface area contributed by atoms with E-state index in [4.69, 9.17) is 0 Å². The van der Waals surface area contributed by atoms with E-state index >= 15 is 0 Å². The van der Waals surface area contributed by atoms with E-state index in [0.29, 0.717) is 0 Å². The SMILES string of the molecule is CCCCCCCCCCCCCC(O)CCc1ccccc1. The fourth-order valence-corrected chi connectivity index (χ4v) is 3.17. The van der Waals surface area contributed by atoms with Gasteiger partial charge in [-0.25, -0.2) is 0 Å².